The van der Waals surface area contributed by atoms with Crippen molar-refractivity contribution in [3.8, 4) is 5.75 Å². The van der Waals surface area contributed by atoms with Crippen LogP contribution in [-0.2, 0) is 6.54 Å². The first-order valence-electron chi connectivity index (χ1n) is 6.81. The molecule has 0 saturated heterocycles. The van der Waals surface area contributed by atoms with Crippen molar-refractivity contribution >= 4 is 0 Å². The normalized spacial score (nSPS) is 10.9. The van der Waals surface area contributed by atoms with E-state index in [0.29, 0.717) is 0 Å². The van der Waals surface area contributed by atoms with Crippen molar-refractivity contribution in [3.63, 3.8) is 0 Å². The predicted molar refractivity (Wildman–Crippen MR) is 77.1 cm³/mol. The molecule has 0 bridgehead atoms. The lowest BCUT2D eigenvalue weighted by atomic mass is 10.2. The highest BCUT2D eigenvalue weighted by Gasteiger charge is 2.00. The zero-order valence-electron chi connectivity index (χ0n) is 11.9. The summed E-state index contributed by atoms with van der Waals surface area (Å²) in [6, 6.07) is 8.43. The van der Waals surface area contributed by atoms with Crippen LogP contribution in [0.4, 0.5) is 0 Å². The van der Waals surface area contributed by atoms with Crippen molar-refractivity contribution in [1.82, 2.24) is 10.2 Å². The molecule has 0 unspecified atom stereocenters. The van der Waals surface area contributed by atoms with E-state index >= 15 is 0 Å². The van der Waals surface area contributed by atoms with Crippen LogP contribution in [0.1, 0.15) is 25.3 Å². The Labute approximate surface area is 111 Å². The monoisotopic (exact) mass is 250 g/mol. The van der Waals surface area contributed by atoms with Gasteiger partial charge in [-0.2, -0.15) is 0 Å². The van der Waals surface area contributed by atoms with Crippen molar-refractivity contribution in [3.05, 3.63) is 29.8 Å². The minimum absolute atomic E-state index is 0.795. The molecule has 0 fully saturated rings. The van der Waals surface area contributed by atoms with Crippen molar-refractivity contribution < 1.29 is 4.74 Å². The zero-order valence-corrected chi connectivity index (χ0v) is 11.9. The molecule has 1 N–H and O–H groups in total. The Bertz CT molecular complexity index is 311. The van der Waals surface area contributed by atoms with Crippen LogP contribution in [0.25, 0.3) is 0 Å². The summed E-state index contributed by atoms with van der Waals surface area (Å²) in [4.78, 5) is 2.35. The van der Waals surface area contributed by atoms with E-state index in [1.54, 1.807) is 0 Å². The second-order valence-electron chi connectivity index (χ2n) is 4.69. The number of hydrogen-bond donors (Lipinski definition) is 1. The number of nitrogens with one attached hydrogen (secondary N) is 1. The minimum Gasteiger partial charge on any atom is -0.494 e. The molecule has 1 rings (SSSR count). The van der Waals surface area contributed by atoms with E-state index in [1.807, 2.05) is 7.05 Å². The average molecular weight is 250 g/mol. The highest BCUT2D eigenvalue weighted by molar-refractivity contribution is 5.27. The first kappa shape index (κ1) is 15.0. The third-order valence-corrected chi connectivity index (χ3v) is 2.82. The molecular weight excluding hydrogens is 224 g/mol. The van der Waals surface area contributed by atoms with Gasteiger partial charge in [0.2, 0.25) is 0 Å². The number of ether oxygens (including phenoxy) is 1. The molecule has 0 aliphatic carbocycles. The summed E-state index contributed by atoms with van der Waals surface area (Å²) in [6.07, 6.45) is 2.24. The first-order chi connectivity index (χ1) is 8.76. The van der Waals surface area contributed by atoms with Gasteiger partial charge in [-0.15, -0.1) is 0 Å². The Hall–Kier alpha value is -1.06. The average Bonchev–Trinajstić information content (AvgIpc) is 2.38. The maximum atomic E-state index is 5.57. The van der Waals surface area contributed by atoms with Crippen LogP contribution in [0, 0.1) is 0 Å². The summed E-state index contributed by atoms with van der Waals surface area (Å²) in [5.41, 5.74) is 1.34. The van der Waals surface area contributed by atoms with Crippen LogP contribution in [0.3, 0.4) is 0 Å². The van der Waals surface area contributed by atoms with E-state index in [2.05, 4.69) is 48.5 Å². The molecule has 0 amide bonds. The van der Waals surface area contributed by atoms with E-state index < -0.39 is 0 Å². The molecule has 3 nitrogen and oxygen atoms in total. The molecule has 0 aromatic heterocycles. The summed E-state index contributed by atoms with van der Waals surface area (Å²) in [6.45, 7) is 6.11. The van der Waals surface area contributed by atoms with Crippen molar-refractivity contribution in [2.24, 2.45) is 0 Å². The Balaban J connectivity index is 2.33. The topological polar surface area (TPSA) is 24.5 Å². The molecule has 18 heavy (non-hydrogen) atoms. The lowest BCUT2D eigenvalue weighted by Crippen LogP contribution is -2.22. The summed E-state index contributed by atoms with van der Waals surface area (Å²) >= 11 is 0. The third kappa shape index (κ3) is 6.03. The van der Waals surface area contributed by atoms with Crippen LogP contribution >= 0.6 is 0 Å². The molecule has 1 aromatic carbocycles. The highest BCUT2D eigenvalue weighted by atomic mass is 16.5. The molecule has 1 aromatic rings. The van der Waals surface area contributed by atoms with Crippen LogP contribution in [0.5, 0.6) is 5.75 Å². The highest BCUT2D eigenvalue weighted by Crippen LogP contribution is 2.13. The number of rotatable bonds is 9. The van der Waals surface area contributed by atoms with E-state index in [-0.39, 0.29) is 0 Å². The number of hydrogen-bond acceptors (Lipinski definition) is 3. The van der Waals surface area contributed by atoms with E-state index in [1.165, 1.54) is 12.0 Å². The fourth-order valence-corrected chi connectivity index (χ4v) is 1.83. The fourth-order valence-electron chi connectivity index (χ4n) is 1.83. The van der Waals surface area contributed by atoms with Gasteiger partial charge >= 0.3 is 0 Å². The van der Waals surface area contributed by atoms with Gasteiger partial charge in [0, 0.05) is 6.54 Å². The molecular formula is C15H26N2O. The molecule has 0 atom stereocenters. The van der Waals surface area contributed by atoms with E-state index in [9.17, 15) is 0 Å². The summed E-state index contributed by atoms with van der Waals surface area (Å²) in [5.74, 6) is 0.971. The van der Waals surface area contributed by atoms with Gasteiger partial charge in [0.25, 0.3) is 0 Å². The Morgan fingerprint density at radius 1 is 1.22 bits per heavy atom. The van der Waals surface area contributed by atoms with Crippen LogP contribution < -0.4 is 10.1 Å². The summed E-state index contributed by atoms with van der Waals surface area (Å²) in [5, 5.41) is 3.17. The van der Waals surface area contributed by atoms with E-state index in [0.717, 1.165) is 38.4 Å². The van der Waals surface area contributed by atoms with Gasteiger partial charge in [-0.1, -0.05) is 19.1 Å². The molecule has 0 heterocycles. The first-order valence-corrected chi connectivity index (χ1v) is 6.81. The second kappa shape index (κ2) is 8.95. The van der Waals surface area contributed by atoms with Crippen LogP contribution in [-0.4, -0.2) is 38.7 Å². The van der Waals surface area contributed by atoms with Gasteiger partial charge in [-0.25, -0.2) is 0 Å². The minimum atomic E-state index is 0.795. The van der Waals surface area contributed by atoms with Crippen molar-refractivity contribution in [2.45, 2.75) is 26.3 Å². The smallest absolute Gasteiger partial charge is 0.119 e. The SMILES string of the molecule is CCCOc1ccc(CN(C)CCCNC)cc1. The number of benzene rings is 1. The Morgan fingerprint density at radius 3 is 2.56 bits per heavy atom. The molecule has 0 radical (unpaired) electrons. The van der Waals surface area contributed by atoms with Gasteiger partial charge in [0.15, 0.2) is 0 Å². The lowest BCUT2D eigenvalue weighted by Gasteiger charge is -2.16. The molecule has 102 valence electrons. The van der Waals surface area contributed by atoms with Gasteiger partial charge in [0.05, 0.1) is 6.61 Å². The van der Waals surface area contributed by atoms with E-state index in [4.69, 9.17) is 4.74 Å². The molecule has 3 heteroatoms. The molecule has 0 aliphatic heterocycles. The Kier molecular flexibility index (Phi) is 7.46. The van der Waals surface area contributed by atoms with Crippen LogP contribution in [0.15, 0.2) is 24.3 Å². The lowest BCUT2D eigenvalue weighted by molar-refractivity contribution is 0.314. The molecule has 0 saturated carbocycles. The number of nitrogens with zero attached hydrogens (tertiary/aromatic N) is 1. The van der Waals surface area contributed by atoms with Gasteiger partial charge in [-0.05, 0) is 57.7 Å². The summed E-state index contributed by atoms with van der Waals surface area (Å²) < 4.78 is 5.57. The predicted octanol–water partition coefficient (Wildman–Crippen LogP) is 2.52. The fraction of sp³-hybridized carbons (Fsp3) is 0.600. The second-order valence-corrected chi connectivity index (χ2v) is 4.69. The summed E-state index contributed by atoms with van der Waals surface area (Å²) in [7, 11) is 4.16. The van der Waals surface area contributed by atoms with Crippen molar-refractivity contribution in [2.75, 3.05) is 33.8 Å². The largest absolute Gasteiger partial charge is 0.494 e. The maximum absolute atomic E-state index is 5.57. The standard InChI is InChI=1S/C15H26N2O/c1-4-12-18-15-8-6-14(7-9-15)13-17(3)11-5-10-16-2/h6-9,16H,4-5,10-13H2,1-3H3. The van der Waals surface area contributed by atoms with Crippen molar-refractivity contribution in [1.29, 1.82) is 0 Å². The quantitative estimate of drug-likeness (QED) is 0.682. The maximum Gasteiger partial charge on any atom is 0.119 e. The zero-order chi connectivity index (χ0) is 13.2. The van der Waals surface area contributed by atoms with Gasteiger partial charge in [0.1, 0.15) is 5.75 Å². The van der Waals surface area contributed by atoms with Crippen LogP contribution in [0.2, 0.25) is 0 Å². The van der Waals surface area contributed by atoms with Gasteiger partial charge in [-0.3, -0.25) is 0 Å². The molecule has 0 spiro atoms. The third-order valence-electron chi connectivity index (χ3n) is 2.82. The van der Waals surface area contributed by atoms with Gasteiger partial charge < -0.3 is 15.0 Å². The Morgan fingerprint density at radius 2 is 1.94 bits per heavy atom. The molecule has 0 aliphatic rings.